The number of fused-ring (bicyclic) bond motifs is 4. The van der Waals surface area contributed by atoms with Gasteiger partial charge in [-0.1, -0.05) is 24.3 Å². The monoisotopic (exact) mass is 781 g/mol. The summed E-state index contributed by atoms with van der Waals surface area (Å²) in [5.41, 5.74) is 6.63. The largest absolute Gasteiger partial charge is 0.480 e. The first-order chi connectivity index (χ1) is 25.3. The van der Waals surface area contributed by atoms with E-state index in [1.807, 2.05) is 13.8 Å². The minimum absolute atomic E-state index is 0.117. The van der Waals surface area contributed by atoms with Crippen LogP contribution in [0.25, 0.3) is 0 Å². The third-order valence-corrected chi connectivity index (χ3v) is 12.9. The van der Waals surface area contributed by atoms with Gasteiger partial charge in [-0.05, 0) is 58.9 Å². The van der Waals surface area contributed by atoms with Crippen LogP contribution in [0.2, 0.25) is 0 Å². The molecular formula is C35H35N5O12S2. The molecule has 4 saturated heterocycles. The molecule has 4 fully saturated rings. The average molecular weight is 782 g/mol. The summed E-state index contributed by atoms with van der Waals surface area (Å²) in [5.74, 6) is -5.01. The number of nitrogens with two attached hydrogens (primary N) is 1. The van der Waals surface area contributed by atoms with Gasteiger partial charge in [0.1, 0.15) is 34.9 Å². The van der Waals surface area contributed by atoms with Crippen LogP contribution in [-0.2, 0) is 23.9 Å². The van der Waals surface area contributed by atoms with E-state index >= 15 is 0 Å². The Morgan fingerprint density at radius 3 is 1.48 bits per heavy atom. The van der Waals surface area contributed by atoms with Crippen molar-refractivity contribution in [2.75, 3.05) is 6.61 Å². The molecule has 4 N–H and O–H groups in total. The van der Waals surface area contributed by atoms with Crippen LogP contribution < -0.4 is 5.73 Å². The summed E-state index contributed by atoms with van der Waals surface area (Å²) in [5, 5.41) is 17.8. The summed E-state index contributed by atoms with van der Waals surface area (Å²) < 4.78 is 3.49. The van der Waals surface area contributed by atoms with Crippen molar-refractivity contribution in [3.8, 4) is 0 Å². The molecule has 6 heterocycles. The Morgan fingerprint density at radius 1 is 0.685 bits per heavy atom. The molecule has 0 saturated carbocycles. The van der Waals surface area contributed by atoms with Gasteiger partial charge in [0.15, 0.2) is 0 Å². The Balaban J connectivity index is 0.000000145. The first-order valence-electron chi connectivity index (χ1n) is 16.6. The van der Waals surface area contributed by atoms with Crippen LogP contribution in [0.1, 0.15) is 76.1 Å². The van der Waals surface area contributed by atoms with Crippen LogP contribution in [0.3, 0.4) is 0 Å². The van der Waals surface area contributed by atoms with Crippen molar-refractivity contribution in [2.24, 2.45) is 5.73 Å². The van der Waals surface area contributed by atoms with E-state index in [-0.39, 0.29) is 40.1 Å². The Morgan fingerprint density at radius 2 is 1.07 bits per heavy atom. The number of aliphatic carboxylic acids is 2. The molecule has 0 bridgehead atoms. The number of carbonyl (C=O) groups excluding carboxylic acids is 7. The van der Waals surface area contributed by atoms with Crippen molar-refractivity contribution in [3.63, 3.8) is 0 Å². The summed E-state index contributed by atoms with van der Waals surface area (Å²) in [4.78, 5) is 111. The molecule has 284 valence electrons. The summed E-state index contributed by atoms with van der Waals surface area (Å²) in [6.07, 6.45) is -0.922. The molecule has 8 rings (SSSR count). The fraction of sp³-hybridized carbons (Fsp3) is 0.400. The number of ether oxygens (including phenoxy) is 1. The normalized spacial score (nSPS) is 27.7. The fourth-order valence-corrected chi connectivity index (χ4v) is 10.5. The zero-order valence-electron chi connectivity index (χ0n) is 29.4. The summed E-state index contributed by atoms with van der Waals surface area (Å²) >= 11 is 2.78. The van der Waals surface area contributed by atoms with Gasteiger partial charge in [-0.3, -0.25) is 33.7 Å². The average Bonchev–Trinajstić information content (AvgIpc) is 3.73. The lowest BCUT2D eigenvalue weighted by molar-refractivity contribution is -0.162. The standard InChI is InChI=1S/C16H14N2O5S.C11H9NO4.C8H12N2O3S/c1-16(2)10(15(22)23)18-13(21)9(14(18)24-16)17-11(19)7-5-3-4-6-8(7)12(17)20;1-2-16-11(15)12-9(13)7-5-3-4-6-8(7)10(12)14;1-8(2)4(7(12)13)10-5(11)3(9)6(10)14-8/h3-6,9-10,14H,1-2H3,(H,22,23);3-6H,2H2,1H3;3-4,6H,9H2,1-2H3,(H,12,13)/t9-,10+,14-;;3-,4+,6-/m1.1/s1. The van der Waals surface area contributed by atoms with Crippen molar-refractivity contribution in [3.05, 3.63) is 70.8 Å². The fourth-order valence-electron chi connectivity index (χ4n) is 7.28. The Labute approximate surface area is 316 Å². The minimum Gasteiger partial charge on any atom is -0.480 e. The van der Waals surface area contributed by atoms with Gasteiger partial charge < -0.3 is 30.5 Å². The molecule has 6 aliphatic rings. The summed E-state index contributed by atoms with van der Waals surface area (Å²) in [7, 11) is 0. The molecule has 0 aliphatic carbocycles. The molecule has 2 aromatic carbocycles. The third kappa shape index (κ3) is 5.81. The van der Waals surface area contributed by atoms with Gasteiger partial charge in [-0.2, -0.15) is 4.90 Å². The predicted octanol–water partition coefficient (Wildman–Crippen LogP) is 1.70. The van der Waals surface area contributed by atoms with Gasteiger partial charge in [-0.25, -0.2) is 14.4 Å². The maximum absolute atomic E-state index is 12.6. The number of β-lactam (4-membered cyclic amide) rings is 2. The van der Waals surface area contributed by atoms with Crippen LogP contribution >= 0.6 is 23.5 Å². The number of carboxylic acids is 2. The summed E-state index contributed by atoms with van der Waals surface area (Å²) in [6, 6.07) is 9.56. The first kappa shape index (κ1) is 38.5. The van der Waals surface area contributed by atoms with Crippen LogP contribution in [-0.4, -0.2) is 134 Å². The second-order valence-electron chi connectivity index (χ2n) is 13.9. The number of carboxylic acid groups (broad SMARTS) is 2. The molecule has 0 spiro atoms. The van der Waals surface area contributed by atoms with Crippen LogP contribution in [0.5, 0.6) is 0 Å². The highest BCUT2D eigenvalue weighted by atomic mass is 32.2. The van der Waals surface area contributed by atoms with Gasteiger partial charge in [0.05, 0.1) is 28.9 Å². The number of imide groups is 4. The number of benzene rings is 2. The smallest absolute Gasteiger partial charge is 0.424 e. The molecule has 0 radical (unpaired) electrons. The van der Waals surface area contributed by atoms with Crippen molar-refractivity contribution in [1.82, 2.24) is 19.6 Å². The van der Waals surface area contributed by atoms with E-state index in [0.717, 1.165) is 4.90 Å². The van der Waals surface area contributed by atoms with E-state index in [0.29, 0.717) is 4.90 Å². The number of carbonyl (C=O) groups is 9. The molecule has 6 atom stereocenters. The van der Waals surface area contributed by atoms with Crippen LogP contribution in [0.4, 0.5) is 4.79 Å². The zero-order chi connectivity index (χ0) is 39.8. The maximum Gasteiger partial charge on any atom is 0.424 e. The number of amides is 7. The van der Waals surface area contributed by atoms with Crippen LogP contribution in [0, 0.1) is 0 Å². The van der Waals surface area contributed by atoms with Crippen molar-refractivity contribution < 1.29 is 58.1 Å². The SMILES string of the molecule is CC1(C)S[C@@H]2[C@H](N)C(=O)N2[C@H]1C(=O)O.CC1(C)S[C@@H]2[C@H](N3C(=O)c4ccccc4C3=O)C(=O)N2[C@H]1C(=O)O.CCOC(=O)N1C(=O)c2ccccc2C1=O. The van der Waals surface area contributed by atoms with E-state index in [4.69, 9.17) is 10.8 Å². The second-order valence-corrected chi connectivity index (χ2v) is 17.4. The third-order valence-electron chi connectivity index (χ3n) is 9.71. The van der Waals surface area contributed by atoms with Gasteiger partial charge in [-0.15, -0.1) is 23.5 Å². The van der Waals surface area contributed by atoms with E-state index in [2.05, 4.69) is 4.74 Å². The zero-order valence-corrected chi connectivity index (χ0v) is 31.1. The van der Waals surface area contributed by atoms with E-state index in [9.17, 15) is 48.3 Å². The van der Waals surface area contributed by atoms with E-state index < -0.39 is 86.6 Å². The number of hydrogen-bond acceptors (Lipinski definition) is 13. The predicted molar refractivity (Wildman–Crippen MR) is 190 cm³/mol. The Kier molecular flexibility index (Phi) is 9.64. The van der Waals surface area contributed by atoms with Crippen molar-refractivity contribution >= 4 is 77.0 Å². The minimum atomic E-state index is -1.08. The highest BCUT2D eigenvalue weighted by Gasteiger charge is 2.67. The molecule has 0 unspecified atom stereocenters. The van der Waals surface area contributed by atoms with Crippen LogP contribution in [0.15, 0.2) is 48.5 Å². The molecule has 19 heteroatoms. The molecule has 2 aromatic rings. The second kappa shape index (κ2) is 13.5. The van der Waals surface area contributed by atoms with Gasteiger partial charge in [0, 0.05) is 9.49 Å². The summed E-state index contributed by atoms with van der Waals surface area (Å²) in [6.45, 7) is 8.88. The highest BCUT2D eigenvalue weighted by molar-refractivity contribution is 8.02. The quantitative estimate of drug-likeness (QED) is 0.295. The van der Waals surface area contributed by atoms with Gasteiger partial charge >= 0.3 is 18.0 Å². The number of rotatable bonds is 4. The number of nitrogens with zero attached hydrogens (tertiary/aromatic N) is 4. The van der Waals surface area contributed by atoms with Gasteiger partial charge in [0.25, 0.3) is 29.5 Å². The number of thioether (sulfide) groups is 2. The van der Waals surface area contributed by atoms with Crippen molar-refractivity contribution in [2.45, 2.75) is 79.0 Å². The molecule has 17 nitrogen and oxygen atoms in total. The lowest BCUT2D eigenvalue weighted by Gasteiger charge is -2.46. The van der Waals surface area contributed by atoms with Gasteiger partial charge in [0.2, 0.25) is 5.91 Å². The van der Waals surface area contributed by atoms with Crippen molar-refractivity contribution in [1.29, 1.82) is 0 Å². The lowest BCUT2D eigenvalue weighted by Crippen LogP contribution is -2.71. The topological polar surface area (TPSA) is 242 Å². The molecule has 7 amide bonds. The highest BCUT2D eigenvalue weighted by Crippen LogP contribution is 2.53. The Hall–Kier alpha value is -5.27. The molecule has 6 aliphatic heterocycles. The first-order valence-corrected chi connectivity index (χ1v) is 18.4. The molecule has 0 aromatic heterocycles. The molecular weight excluding hydrogens is 747 g/mol. The Bertz CT molecular complexity index is 1980. The molecule has 54 heavy (non-hydrogen) atoms. The maximum atomic E-state index is 12.6. The van der Waals surface area contributed by atoms with E-state index in [1.165, 1.54) is 45.5 Å². The lowest BCUT2D eigenvalue weighted by atomic mass is 9.95. The number of hydrogen-bond donors (Lipinski definition) is 3. The van der Waals surface area contributed by atoms with E-state index in [1.54, 1.807) is 57.2 Å².